The number of rotatable bonds is 10. The molecule has 0 radical (unpaired) electrons. The van der Waals surface area contributed by atoms with E-state index >= 15 is 0 Å². The largest absolute Gasteiger partial charge is 0.497 e. The van der Waals surface area contributed by atoms with Crippen LogP contribution in [-0.4, -0.2) is 39.9 Å². The van der Waals surface area contributed by atoms with Crippen LogP contribution in [0.15, 0.2) is 48.5 Å². The Balaban J connectivity index is 1.80. The lowest BCUT2D eigenvalue weighted by molar-refractivity contribution is -0.116. The normalized spacial score (nSPS) is 10.2. The molecular formula is C21H22N2O5. The Kier molecular flexibility index (Phi) is 8.21. The molecule has 2 aromatic carbocycles. The van der Waals surface area contributed by atoms with E-state index in [0.29, 0.717) is 36.1 Å². The summed E-state index contributed by atoms with van der Waals surface area (Å²) >= 11 is 0. The fourth-order valence-electron chi connectivity index (χ4n) is 2.28. The van der Waals surface area contributed by atoms with E-state index in [1.165, 1.54) is 13.2 Å². The van der Waals surface area contributed by atoms with Crippen molar-refractivity contribution in [1.29, 1.82) is 5.26 Å². The van der Waals surface area contributed by atoms with Crippen LogP contribution in [0.3, 0.4) is 0 Å². The molecule has 7 heteroatoms. The average Bonchev–Trinajstić information content (AvgIpc) is 2.74. The van der Waals surface area contributed by atoms with E-state index in [1.807, 2.05) is 24.3 Å². The number of carbonyl (C=O) groups excluding carboxylic acids is 1. The predicted octanol–water partition coefficient (Wildman–Crippen LogP) is 2.81. The quantitative estimate of drug-likeness (QED) is 0.502. The molecular weight excluding hydrogens is 360 g/mol. The molecule has 0 fully saturated rings. The van der Waals surface area contributed by atoms with Crippen LogP contribution in [0.1, 0.15) is 5.56 Å². The lowest BCUT2D eigenvalue weighted by atomic mass is 10.2. The summed E-state index contributed by atoms with van der Waals surface area (Å²) in [5.41, 5.74) is 0.768. The monoisotopic (exact) mass is 382 g/mol. The van der Waals surface area contributed by atoms with Gasteiger partial charge in [-0.1, -0.05) is 12.1 Å². The van der Waals surface area contributed by atoms with Gasteiger partial charge in [0.05, 0.1) is 20.8 Å². The topological polar surface area (TPSA) is 89.8 Å². The molecule has 1 N–H and O–H groups in total. The number of ether oxygens (including phenoxy) is 4. The van der Waals surface area contributed by atoms with Crippen molar-refractivity contribution in [2.45, 2.75) is 0 Å². The number of nitrogens with zero attached hydrogens (tertiary/aromatic N) is 1. The summed E-state index contributed by atoms with van der Waals surface area (Å²) < 4.78 is 21.2. The van der Waals surface area contributed by atoms with Gasteiger partial charge >= 0.3 is 0 Å². The second-order valence-electron chi connectivity index (χ2n) is 5.51. The van der Waals surface area contributed by atoms with Crippen molar-refractivity contribution in [3.63, 3.8) is 0 Å². The van der Waals surface area contributed by atoms with Crippen molar-refractivity contribution < 1.29 is 23.7 Å². The zero-order chi connectivity index (χ0) is 20.2. The van der Waals surface area contributed by atoms with Crippen molar-refractivity contribution in [3.05, 3.63) is 54.1 Å². The maximum absolute atomic E-state index is 11.9. The molecule has 1 amide bonds. The number of nitrogens with one attached hydrogen (secondary N) is 1. The first-order valence-corrected chi connectivity index (χ1v) is 8.57. The highest BCUT2D eigenvalue weighted by atomic mass is 16.5. The number of nitriles is 1. The average molecular weight is 382 g/mol. The fourth-order valence-corrected chi connectivity index (χ4v) is 2.28. The van der Waals surface area contributed by atoms with Crippen molar-refractivity contribution >= 4 is 12.0 Å². The van der Waals surface area contributed by atoms with Gasteiger partial charge < -0.3 is 24.3 Å². The summed E-state index contributed by atoms with van der Waals surface area (Å²) in [5, 5.41) is 11.3. The highest BCUT2D eigenvalue weighted by Gasteiger charge is 2.05. The number of carbonyl (C=O) groups is 1. The van der Waals surface area contributed by atoms with Gasteiger partial charge in [0.1, 0.15) is 24.2 Å². The number of methoxy groups -OCH3 is 2. The highest BCUT2D eigenvalue weighted by molar-refractivity contribution is 5.91. The van der Waals surface area contributed by atoms with Gasteiger partial charge in [0.25, 0.3) is 0 Å². The van der Waals surface area contributed by atoms with Gasteiger partial charge in [-0.15, -0.1) is 0 Å². The van der Waals surface area contributed by atoms with E-state index < -0.39 is 0 Å². The SMILES string of the molecule is COc1cccc(OCCNC(=O)/C=C/c2ccc(OCC#N)c(OC)c2)c1. The number of benzene rings is 2. The van der Waals surface area contributed by atoms with Gasteiger partial charge in [0, 0.05) is 12.1 Å². The fraction of sp³-hybridized carbons (Fsp3) is 0.238. The molecule has 28 heavy (non-hydrogen) atoms. The molecule has 146 valence electrons. The van der Waals surface area contributed by atoms with Crippen molar-refractivity contribution in [3.8, 4) is 29.1 Å². The Morgan fingerprint density at radius 3 is 2.64 bits per heavy atom. The summed E-state index contributed by atoms with van der Waals surface area (Å²) in [4.78, 5) is 11.9. The molecule has 0 aromatic heterocycles. The van der Waals surface area contributed by atoms with Crippen LogP contribution < -0.4 is 24.3 Å². The number of amides is 1. The van der Waals surface area contributed by atoms with E-state index in [0.717, 1.165) is 5.56 Å². The van der Waals surface area contributed by atoms with Crippen LogP contribution in [0, 0.1) is 11.3 Å². The Bertz CT molecular complexity index is 858. The highest BCUT2D eigenvalue weighted by Crippen LogP contribution is 2.28. The van der Waals surface area contributed by atoms with Crippen molar-refractivity contribution in [2.75, 3.05) is 34.0 Å². The maximum atomic E-state index is 11.9. The summed E-state index contributed by atoms with van der Waals surface area (Å²) in [5.74, 6) is 2.11. The third-order valence-electron chi connectivity index (χ3n) is 3.62. The van der Waals surface area contributed by atoms with Crippen LogP contribution in [0.5, 0.6) is 23.0 Å². The third kappa shape index (κ3) is 6.57. The summed E-state index contributed by atoms with van der Waals surface area (Å²) in [7, 11) is 3.10. The van der Waals surface area contributed by atoms with Crippen LogP contribution in [0.25, 0.3) is 6.08 Å². The first-order chi connectivity index (χ1) is 13.7. The molecule has 0 heterocycles. The smallest absolute Gasteiger partial charge is 0.244 e. The van der Waals surface area contributed by atoms with Gasteiger partial charge in [-0.05, 0) is 35.9 Å². The van der Waals surface area contributed by atoms with Crippen LogP contribution in [-0.2, 0) is 4.79 Å². The molecule has 0 aliphatic carbocycles. The molecule has 0 saturated heterocycles. The summed E-state index contributed by atoms with van der Waals surface area (Å²) in [6.07, 6.45) is 3.09. The molecule has 0 aliphatic rings. The molecule has 0 atom stereocenters. The van der Waals surface area contributed by atoms with Gasteiger partial charge in [-0.2, -0.15) is 5.26 Å². The Morgan fingerprint density at radius 2 is 1.89 bits per heavy atom. The van der Waals surface area contributed by atoms with Crippen LogP contribution in [0.2, 0.25) is 0 Å². The van der Waals surface area contributed by atoms with E-state index in [2.05, 4.69) is 5.32 Å². The van der Waals surface area contributed by atoms with E-state index in [4.69, 9.17) is 24.2 Å². The zero-order valence-electron chi connectivity index (χ0n) is 15.8. The zero-order valence-corrected chi connectivity index (χ0v) is 15.8. The molecule has 0 saturated carbocycles. The number of hydrogen-bond acceptors (Lipinski definition) is 6. The van der Waals surface area contributed by atoms with E-state index in [9.17, 15) is 4.79 Å². The van der Waals surface area contributed by atoms with Gasteiger partial charge in [-0.25, -0.2) is 0 Å². The second-order valence-corrected chi connectivity index (χ2v) is 5.51. The van der Waals surface area contributed by atoms with Crippen molar-refractivity contribution in [1.82, 2.24) is 5.32 Å². The van der Waals surface area contributed by atoms with E-state index in [-0.39, 0.29) is 12.5 Å². The molecule has 0 aliphatic heterocycles. The molecule has 2 aromatic rings. The Morgan fingerprint density at radius 1 is 1.07 bits per heavy atom. The van der Waals surface area contributed by atoms with Gasteiger partial charge in [0.2, 0.25) is 5.91 Å². The van der Waals surface area contributed by atoms with Gasteiger partial charge in [0.15, 0.2) is 18.1 Å². The van der Waals surface area contributed by atoms with Gasteiger partial charge in [-0.3, -0.25) is 4.79 Å². The molecule has 0 spiro atoms. The first kappa shape index (κ1) is 20.6. The minimum absolute atomic E-state index is 0.0637. The van der Waals surface area contributed by atoms with Crippen LogP contribution in [0.4, 0.5) is 0 Å². The van der Waals surface area contributed by atoms with Crippen molar-refractivity contribution in [2.24, 2.45) is 0 Å². The first-order valence-electron chi connectivity index (χ1n) is 8.57. The number of hydrogen-bond donors (Lipinski definition) is 1. The second kappa shape index (κ2) is 11.1. The maximum Gasteiger partial charge on any atom is 0.244 e. The molecule has 2 rings (SSSR count). The minimum Gasteiger partial charge on any atom is -0.497 e. The van der Waals surface area contributed by atoms with E-state index in [1.54, 1.807) is 37.5 Å². The Hall–Kier alpha value is -3.66. The molecule has 0 unspecified atom stereocenters. The standard InChI is InChI=1S/C21H22N2O5/c1-25-17-4-3-5-18(15-17)27-13-11-23-21(24)9-7-16-6-8-19(28-12-10-22)20(14-16)26-2/h3-9,14-15H,11-13H2,1-2H3,(H,23,24)/b9-7+. The molecule has 7 nitrogen and oxygen atoms in total. The summed E-state index contributed by atoms with van der Waals surface area (Å²) in [6.45, 7) is 0.641. The lowest BCUT2D eigenvalue weighted by Crippen LogP contribution is -2.26. The lowest BCUT2D eigenvalue weighted by Gasteiger charge is -2.09. The summed E-state index contributed by atoms with van der Waals surface area (Å²) in [6, 6.07) is 14.3. The van der Waals surface area contributed by atoms with Crippen LogP contribution >= 0.6 is 0 Å². The molecule has 0 bridgehead atoms. The minimum atomic E-state index is -0.238. The third-order valence-corrected chi connectivity index (χ3v) is 3.62. The Labute approximate surface area is 164 Å². The predicted molar refractivity (Wildman–Crippen MR) is 105 cm³/mol.